The minimum absolute atomic E-state index is 0.00331. The predicted molar refractivity (Wildman–Crippen MR) is 41.0 cm³/mol. The van der Waals surface area contributed by atoms with Crippen LogP contribution in [0.25, 0.3) is 0 Å². The lowest BCUT2D eigenvalue weighted by Gasteiger charge is -2.04. The number of ether oxygens (including phenoxy) is 1. The number of hydrogen-bond donors (Lipinski definition) is 1. The van der Waals surface area contributed by atoms with Crippen LogP contribution < -0.4 is 5.43 Å². The standard InChI is InChI=1S/C6H13N3O3/c1-5(2)8-9(11)7-4-12-6(3)10/h5H,4H2,1-3H3,(H,7,8). The maximum atomic E-state index is 10.7. The highest BCUT2D eigenvalue weighted by Crippen LogP contribution is 1.80. The average Bonchev–Trinajstić information content (AvgIpc) is 1.84. The first-order valence-electron chi connectivity index (χ1n) is 3.56. The highest BCUT2D eigenvalue weighted by molar-refractivity contribution is 5.65. The molecule has 6 nitrogen and oxygen atoms in total. The van der Waals surface area contributed by atoms with Crippen molar-refractivity contribution in [3.05, 3.63) is 5.21 Å². The molecule has 0 heterocycles. The Labute approximate surface area is 70.8 Å². The van der Waals surface area contributed by atoms with Gasteiger partial charge in [0.2, 0.25) is 6.73 Å². The molecule has 0 aromatic rings. The molecule has 0 saturated heterocycles. The Bertz CT molecular complexity index is 179. The van der Waals surface area contributed by atoms with Gasteiger partial charge in [-0.15, -0.1) is 0 Å². The van der Waals surface area contributed by atoms with Gasteiger partial charge in [0.15, 0.2) is 0 Å². The Morgan fingerprint density at radius 2 is 2.33 bits per heavy atom. The fourth-order valence-corrected chi connectivity index (χ4v) is 0.434. The molecule has 12 heavy (non-hydrogen) atoms. The first-order chi connectivity index (χ1) is 5.52. The molecule has 0 aliphatic carbocycles. The van der Waals surface area contributed by atoms with Crippen LogP contribution in [0.5, 0.6) is 0 Å². The molecule has 0 rings (SSSR count). The Morgan fingerprint density at radius 1 is 1.75 bits per heavy atom. The molecule has 0 spiro atoms. The van der Waals surface area contributed by atoms with Gasteiger partial charge in [-0.25, -0.2) is 0 Å². The molecule has 0 unspecified atom stereocenters. The average molecular weight is 175 g/mol. The second kappa shape index (κ2) is 5.34. The molecule has 0 radical (unpaired) electrons. The second-order valence-corrected chi connectivity index (χ2v) is 2.46. The third kappa shape index (κ3) is 6.79. The minimum Gasteiger partial charge on any atom is -0.572 e. The van der Waals surface area contributed by atoms with E-state index in [1.165, 1.54) is 6.92 Å². The first-order valence-corrected chi connectivity index (χ1v) is 3.56. The van der Waals surface area contributed by atoms with Gasteiger partial charge in [0.1, 0.15) is 0 Å². The van der Waals surface area contributed by atoms with E-state index < -0.39 is 5.97 Å². The maximum absolute atomic E-state index is 10.7. The van der Waals surface area contributed by atoms with Gasteiger partial charge in [-0.1, -0.05) is 0 Å². The molecule has 0 aliphatic heterocycles. The van der Waals surface area contributed by atoms with Gasteiger partial charge in [-0.2, -0.15) is 5.43 Å². The summed E-state index contributed by atoms with van der Waals surface area (Å²) in [6, 6.07) is 0.00331. The summed E-state index contributed by atoms with van der Waals surface area (Å²) in [4.78, 5) is 10.5. The summed E-state index contributed by atoms with van der Waals surface area (Å²) >= 11 is 0. The summed E-state index contributed by atoms with van der Waals surface area (Å²) in [5.74, 6) is -0.461. The molecule has 0 bridgehead atoms. The Hall–Kier alpha value is -1.33. The lowest BCUT2D eigenvalue weighted by Crippen LogP contribution is -2.30. The molecule has 0 atom stereocenters. The van der Waals surface area contributed by atoms with Gasteiger partial charge < -0.3 is 9.94 Å². The molecule has 70 valence electrons. The fraction of sp³-hybridized carbons (Fsp3) is 0.833. The van der Waals surface area contributed by atoms with E-state index in [9.17, 15) is 10.0 Å². The highest BCUT2D eigenvalue weighted by atomic mass is 16.6. The van der Waals surface area contributed by atoms with Crippen LogP contribution in [0.15, 0.2) is 5.11 Å². The van der Waals surface area contributed by atoms with E-state index in [0.29, 0.717) is 0 Å². The fourth-order valence-electron chi connectivity index (χ4n) is 0.434. The van der Waals surface area contributed by atoms with Crippen molar-refractivity contribution in [1.29, 1.82) is 0 Å². The van der Waals surface area contributed by atoms with Crippen molar-refractivity contribution < 1.29 is 14.5 Å². The van der Waals surface area contributed by atoms with Gasteiger partial charge in [0.05, 0.1) is 6.04 Å². The van der Waals surface area contributed by atoms with Crippen molar-refractivity contribution in [1.82, 2.24) is 5.43 Å². The van der Waals surface area contributed by atoms with Gasteiger partial charge in [0, 0.05) is 17.0 Å². The molecule has 0 saturated carbocycles. The first kappa shape index (κ1) is 10.7. The zero-order valence-corrected chi connectivity index (χ0v) is 7.40. The van der Waals surface area contributed by atoms with E-state index in [4.69, 9.17) is 0 Å². The third-order valence-corrected chi connectivity index (χ3v) is 0.823. The van der Waals surface area contributed by atoms with Crippen LogP contribution in [0.3, 0.4) is 0 Å². The van der Waals surface area contributed by atoms with Crippen LogP contribution in [0, 0.1) is 5.21 Å². The molecular weight excluding hydrogens is 162 g/mol. The van der Waals surface area contributed by atoms with Crippen LogP contribution in [-0.2, 0) is 9.53 Å². The van der Waals surface area contributed by atoms with Gasteiger partial charge in [-0.3, -0.25) is 4.79 Å². The van der Waals surface area contributed by atoms with Crippen molar-refractivity contribution in [3.8, 4) is 0 Å². The number of nitrogens with one attached hydrogen (secondary N) is 1. The van der Waals surface area contributed by atoms with E-state index in [1.54, 1.807) is 13.8 Å². The second-order valence-electron chi connectivity index (χ2n) is 2.46. The predicted octanol–water partition coefficient (Wildman–Crippen LogP) is 0.382. The van der Waals surface area contributed by atoms with E-state index in [-0.39, 0.29) is 17.7 Å². The maximum Gasteiger partial charge on any atom is 0.304 e. The zero-order chi connectivity index (χ0) is 9.56. The lowest BCUT2D eigenvalue weighted by atomic mass is 10.4. The van der Waals surface area contributed by atoms with E-state index in [2.05, 4.69) is 15.3 Å². The Balaban J connectivity index is 3.62. The molecule has 6 heteroatoms. The summed E-state index contributed by atoms with van der Waals surface area (Å²) < 4.78 is 4.41. The summed E-state index contributed by atoms with van der Waals surface area (Å²) in [5, 5.41) is 14.0. The van der Waals surface area contributed by atoms with Gasteiger partial charge in [0.25, 0.3) is 0 Å². The molecule has 0 amide bonds. The summed E-state index contributed by atoms with van der Waals surface area (Å²) in [6.07, 6.45) is 0. The number of carbonyl (C=O) groups excluding carboxylic acids is 1. The number of nitrogens with zero attached hydrogens (tertiary/aromatic N) is 2. The zero-order valence-electron chi connectivity index (χ0n) is 7.40. The van der Waals surface area contributed by atoms with E-state index in [1.807, 2.05) is 0 Å². The number of carbonyl (C=O) groups is 1. The van der Waals surface area contributed by atoms with Crippen molar-refractivity contribution >= 4 is 5.97 Å². The van der Waals surface area contributed by atoms with Gasteiger partial charge in [-0.05, 0) is 13.8 Å². The SMILES string of the molecule is CC(=O)OC/N=[N+](\[O-])NC(C)C. The topological polar surface area (TPSA) is 76.8 Å². The molecule has 0 aromatic carbocycles. The smallest absolute Gasteiger partial charge is 0.304 e. The van der Waals surface area contributed by atoms with Crippen LogP contribution in [0.4, 0.5) is 0 Å². The Kier molecular flexibility index (Phi) is 4.75. The monoisotopic (exact) mass is 175 g/mol. The van der Waals surface area contributed by atoms with Crippen molar-refractivity contribution in [2.45, 2.75) is 26.8 Å². The molecule has 0 aliphatic rings. The largest absolute Gasteiger partial charge is 0.572 e. The summed E-state index contributed by atoms with van der Waals surface area (Å²) in [6.45, 7) is 4.59. The van der Waals surface area contributed by atoms with Crippen LogP contribution in [0.1, 0.15) is 20.8 Å². The van der Waals surface area contributed by atoms with Crippen LogP contribution >= 0.6 is 0 Å². The van der Waals surface area contributed by atoms with Crippen molar-refractivity contribution in [2.75, 3.05) is 6.73 Å². The number of esters is 1. The van der Waals surface area contributed by atoms with E-state index in [0.717, 1.165) is 0 Å². The van der Waals surface area contributed by atoms with Crippen molar-refractivity contribution in [2.24, 2.45) is 5.11 Å². The lowest BCUT2D eigenvalue weighted by molar-refractivity contribution is -0.597. The highest BCUT2D eigenvalue weighted by Gasteiger charge is 1.98. The third-order valence-electron chi connectivity index (χ3n) is 0.823. The molecule has 1 N–H and O–H groups in total. The normalized spacial score (nSPS) is 11.5. The minimum atomic E-state index is -0.461. The van der Waals surface area contributed by atoms with Crippen LogP contribution in [-0.4, -0.2) is 23.7 Å². The van der Waals surface area contributed by atoms with Gasteiger partial charge >= 0.3 is 5.97 Å². The van der Waals surface area contributed by atoms with E-state index >= 15 is 0 Å². The molecule has 0 aromatic heterocycles. The quantitative estimate of drug-likeness (QED) is 0.290. The summed E-state index contributed by atoms with van der Waals surface area (Å²) in [7, 11) is 0. The molecular formula is C6H13N3O3. The number of hydrazine groups is 1. The number of hydrogen-bond acceptors (Lipinski definition) is 4. The molecule has 0 fully saturated rings. The number of rotatable bonds is 4. The van der Waals surface area contributed by atoms with Crippen LogP contribution in [0.2, 0.25) is 0 Å². The van der Waals surface area contributed by atoms with Crippen molar-refractivity contribution in [3.63, 3.8) is 0 Å². The summed E-state index contributed by atoms with van der Waals surface area (Å²) in [5.41, 5.74) is 2.44. The Morgan fingerprint density at radius 3 is 2.75 bits per heavy atom.